The van der Waals surface area contributed by atoms with Gasteiger partial charge in [-0.15, -0.1) is 0 Å². The number of aryl methyl sites for hydroxylation is 1. The number of hydrogen-bond donors (Lipinski definition) is 0. The molecule has 1 amide bonds. The Labute approximate surface area is 131 Å². The smallest absolute Gasteiger partial charge is 0.409 e. The van der Waals surface area contributed by atoms with E-state index >= 15 is 0 Å². The zero-order valence-electron chi connectivity index (χ0n) is 13.4. The van der Waals surface area contributed by atoms with Crippen LogP contribution in [-0.4, -0.2) is 61.0 Å². The Morgan fingerprint density at radius 3 is 2.23 bits per heavy atom. The zero-order valence-corrected chi connectivity index (χ0v) is 13.4. The minimum atomic E-state index is -0.261. The Bertz CT molecular complexity index is 505. The van der Waals surface area contributed by atoms with E-state index in [9.17, 15) is 9.59 Å². The molecule has 1 fully saturated rings. The fourth-order valence-corrected chi connectivity index (χ4v) is 2.52. The van der Waals surface area contributed by atoms with Gasteiger partial charge in [-0.3, -0.25) is 9.69 Å². The minimum Gasteiger partial charge on any atom is -0.450 e. The van der Waals surface area contributed by atoms with Gasteiger partial charge in [-0.2, -0.15) is 0 Å². The van der Waals surface area contributed by atoms with Gasteiger partial charge in [-0.25, -0.2) is 4.79 Å². The van der Waals surface area contributed by atoms with Gasteiger partial charge in [0.05, 0.1) is 13.2 Å². The van der Waals surface area contributed by atoms with Crippen LogP contribution in [0, 0.1) is 0 Å². The van der Waals surface area contributed by atoms with Gasteiger partial charge >= 0.3 is 6.09 Å². The van der Waals surface area contributed by atoms with Gasteiger partial charge < -0.3 is 9.64 Å². The second kappa shape index (κ2) is 7.94. The molecule has 0 saturated carbocycles. The molecule has 0 spiro atoms. The third kappa shape index (κ3) is 4.31. The van der Waals surface area contributed by atoms with Crippen molar-refractivity contribution in [2.75, 3.05) is 39.3 Å². The number of hydrogen-bond acceptors (Lipinski definition) is 4. The molecule has 1 aromatic rings. The fourth-order valence-electron chi connectivity index (χ4n) is 2.52. The Morgan fingerprint density at radius 1 is 1.05 bits per heavy atom. The van der Waals surface area contributed by atoms with E-state index in [-0.39, 0.29) is 11.9 Å². The molecule has 1 aliphatic heterocycles. The summed E-state index contributed by atoms with van der Waals surface area (Å²) in [4.78, 5) is 27.7. The van der Waals surface area contributed by atoms with Gasteiger partial charge in [0, 0.05) is 31.7 Å². The first-order valence-corrected chi connectivity index (χ1v) is 7.90. The summed E-state index contributed by atoms with van der Waals surface area (Å²) in [6.45, 7) is 7.33. The zero-order chi connectivity index (χ0) is 15.9. The normalized spacial score (nSPS) is 15.6. The lowest BCUT2D eigenvalue weighted by Gasteiger charge is -2.33. The highest BCUT2D eigenvalue weighted by molar-refractivity contribution is 5.97. The summed E-state index contributed by atoms with van der Waals surface area (Å²) in [7, 11) is 0. The molecule has 1 saturated heterocycles. The lowest BCUT2D eigenvalue weighted by Crippen LogP contribution is -2.50. The summed E-state index contributed by atoms with van der Waals surface area (Å²) < 4.78 is 4.99. The first kappa shape index (κ1) is 16.5. The number of carbonyl (C=O) groups is 2. The van der Waals surface area contributed by atoms with Gasteiger partial charge in [0.25, 0.3) is 0 Å². The van der Waals surface area contributed by atoms with Crippen LogP contribution in [0.1, 0.15) is 29.8 Å². The lowest BCUT2D eigenvalue weighted by atomic mass is 10.1. The SMILES string of the molecule is CCOC(=O)N1CCN(CC(=O)c2ccc(CC)cc2)CC1. The first-order chi connectivity index (χ1) is 10.6. The highest BCUT2D eigenvalue weighted by Gasteiger charge is 2.23. The maximum atomic E-state index is 12.3. The van der Waals surface area contributed by atoms with Crippen LogP contribution in [0.2, 0.25) is 0 Å². The van der Waals surface area contributed by atoms with Crippen molar-refractivity contribution in [1.82, 2.24) is 9.80 Å². The number of Topliss-reactive ketones (excluding diaryl/α,β-unsaturated/α-hetero) is 1. The molecule has 5 heteroatoms. The average Bonchev–Trinajstić information content (AvgIpc) is 2.55. The van der Waals surface area contributed by atoms with Crippen molar-refractivity contribution in [3.8, 4) is 0 Å². The number of ether oxygens (including phenoxy) is 1. The largest absolute Gasteiger partial charge is 0.450 e. The van der Waals surface area contributed by atoms with Crippen LogP contribution in [0.4, 0.5) is 4.79 Å². The van der Waals surface area contributed by atoms with Gasteiger partial charge in [0.15, 0.2) is 5.78 Å². The topological polar surface area (TPSA) is 49.9 Å². The standard InChI is InChI=1S/C17H24N2O3/c1-3-14-5-7-15(8-6-14)16(20)13-18-9-11-19(12-10-18)17(21)22-4-2/h5-8H,3-4,9-13H2,1-2H3. The number of carbonyl (C=O) groups excluding carboxylic acids is 2. The maximum absolute atomic E-state index is 12.3. The number of rotatable bonds is 5. The van der Waals surface area contributed by atoms with E-state index in [2.05, 4.69) is 11.8 Å². The third-order valence-electron chi connectivity index (χ3n) is 3.95. The van der Waals surface area contributed by atoms with Crippen molar-refractivity contribution >= 4 is 11.9 Å². The monoisotopic (exact) mass is 304 g/mol. The molecule has 0 N–H and O–H groups in total. The predicted octanol–water partition coefficient (Wildman–Crippen LogP) is 2.21. The molecule has 0 aromatic heterocycles. The molecule has 2 rings (SSSR count). The molecular formula is C17H24N2O3. The summed E-state index contributed by atoms with van der Waals surface area (Å²) >= 11 is 0. The Morgan fingerprint density at radius 2 is 1.68 bits per heavy atom. The van der Waals surface area contributed by atoms with E-state index in [0.29, 0.717) is 39.3 Å². The molecule has 1 aliphatic rings. The van der Waals surface area contributed by atoms with Crippen molar-refractivity contribution in [3.05, 3.63) is 35.4 Å². The van der Waals surface area contributed by atoms with E-state index in [1.807, 2.05) is 24.3 Å². The highest BCUT2D eigenvalue weighted by atomic mass is 16.6. The Kier molecular flexibility index (Phi) is 5.95. The molecule has 0 unspecified atom stereocenters. The molecular weight excluding hydrogens is 280 g/mol. The summed E-state index contributed by atoms with van der Waals surface area (Å²) in [5.74, 6) is 0.132. The van der Waals surface area contributed by atoms with Crippen LogP contribution >= 0.6 is 0 Å². The third-order valence-corrected chi connectivity index (χ3v) is 3.95. The van der Waals surface area contributed by atoms with Crippen molar-refractivity contribution in [2.45, 2.75) is 20.3 Å². The second-order valence-corrected chi connectivity index (χ2v) is 5.44. The van der Waals surface area contributed by atoms with Crippen LogP contribution in [0.15, 0.2) is 24.3 Å². The lowest BCUT2D eigenvalue weighted by molar-refractivity contribution is 0.0733. The Hall–Kier alpha value is -1.88. The summed E-state index contributed by atoms with van der Waals surface area (Å²) in [5, 5.41) is 0. The Balaban J connectivity index is 1.82. The molecule has 0 bridgehead atoms. The number of benzene rings is 1. The van der Waals surface area contributed by atoms with E-state index in [0.717, 1.165) is 12.0 Å². The first-order valence-electron chi connectivity index (χ1n) is 7.90. The van der Waals surface area contributed by atoms with E-state index in [1.165, 1.54) is 5.56 Å². The average molecular weight is 304 g/mol. The maximum Gasteiger partial charge on any atom is 0.409 e. The number of ketones is 1. The van der Waals surface area contributed by atoms with Gasteiger partial charge in [0.2, 0.25) is 0 Å². The predicted molar refractivity (Wildman–Crippen MR) is 85.2 cm³/mol. The van der Waals surface area contributed by atoms with E-state index in [1.54, 1.807) is 11.8 Å². The quantitative estimate of drug-likeness (QED) is 0.783. The molecule has 0 aliphatic carbocycles. The molecule has 120 valence electrons. The van der Waals surface area contributed by atoms with E-state index in [4.69, 9.17) is 4.74 Å². The highest BCUT2D eigenvalue weighted by Crippen LogP contribution is 2.09. The fraction of sp³-hybridized carbons (Fsp3) is 0.529. The van der Waals surface area contributed by atoms with Crippen LogP contribution in [0.25, 0.3) is 0 Å². The van der Waals surface area contributed by atoms with Crippen LogP contribution < -0.4 is 0 Å². The number of amides is 1. The molecule has 5 nitrogen and oxygen atoms in total. The second-order valence-electron chi connectivity index (χ2n) is 5.44. The number of nitrogens with zero attached hydrogens (tertiary/aromatic N) is 2. The molecule has 22 heavy (non-hydrogen) atoms. The summed E-state index contributed by atoms with van der Waals surface area (Å²) in [6.07, 6.45) is 0.716. The van der Waals surface area contributed by atoms with Crippen LogP contribution in [0.3, 0.4) is 0 Å². The van der Waals surface area contributed by atoms with Crippen LogP contribution in [0.5, 0.6) is 0 Å². The molecule has 1 aromatic carbocycles. The molecule has 0 radical (unpaired) electrons. The minimum absolute atomic E-state index is 0.132. The summed E-state index contributed by atoms with van der Waals surface area (Å²) in [6, 6.07) is 7.81. The molecule has 0 atom stereocenters. The number of piperazine rings is 1. The van der Waals surface area contributed by atoms with Gasteiger partial charge in [0.1, 0.15) is 0 Å². The van der Waals surface area contributed by atoms with Crippen LogP contribution in [-0.2, 0) is 11.2 Å². The summed E-state index contributed by atoms with van der Waals surface area (Å²) in [5.41, 5.74) is 1.99. The van der Waals surface area contributed by atoms with E-state index < -0.39 is 0 Å². The van der Waals surface area contributed by atoms with Crippen molar-refractivity contribution in [1.29, 1.82) is 0 Å². The van der Waals surface area contributed by atoms with Crippen molar-refractivity contribution in [3.63, 3.8) is 0 Å². The van der Waals surface area contributed by atoms with Crippen molar-refractivity contribution in [2.24, 2.45) is 0 Å². The molecule has 1 heterocycles. The van der Waals surface area contributed by atoms with Gasteiger partial charge in [-0.05, 0) is 18.9 Å². The van der Waals surface area contributed by atoms with Gasteiger partial charge in [-0.1, -0.05) is 31.2 Å². The van der Waals surface area contributed by atoms with Crippen molar-refractivity contribution < 1.29 is 14.3 Å².